The van der Waals surface area contributed by atoms with Gasteiger partial charge in [0.25, 0.3) is 5.91 Å². The number of hydrazone groups is 1. The van der Waals surface area contributed by atoms with Crippen molar-refractivity contribution in [2.45, 2.75) is 6.92 Å². The number of esters is 1. The fourth-order valence-electron chi connectivity index (χ4n) is 1.58. The van der Waals surface area contributed by atoms with E-state index in [4.69, 9.17) is 16.3 Å². The average Bonchev–Trinajstić information content (AvgIpc) is 2.72. The number of para-hydroxylation sites is 1. The molecule has 0 fully saturated rings. The molecular formula is C12H11ClN2O3. The van der Waals surface area contributed by atoms with Gasteiger partial charge in [-0.25, -0.2) is 0 Å². The van der Waals surface area contributed by atoms with Crippen molar-refractivity contribution >= 4 is 35.4 Å². The van der Waals surface area contributed by atoms with Crippen LogP contribution in [-0.4, -0.2) is 24.7 Å². The first-order chi connectivity index (χ1) is 8.65. The van der Waals surface area contributed by atoms with Crippen molar-refractivity contribution in [1.82, 2.24) is 0 Å². The van der Waals surface area contributed by atoms with Crippen LogP contribution in [0.3, 0.4) is 0 Å². The van der Waals surface area contributed by atoms with Crippen LogP contribution >= 0.6 is 11.6 Å². The summed E-state index contributed by atoms with van der Waals surface area (Å²) in [5.74, 6) is -2.04. The smallest absolute Gasteiger partial charge is 0.324 e. The van der Waals surface area contributed by atoms with Crippen molar-refractivity contribution in [2.24, 2.45) is 11.0 Å². The number of hydrogen-bond acceptors (Lipinski definition) is 4. The quantitative estimate of drug-likeness (QED) is 0.620. The lowest BCUT2D eigenvalue weighted by atomic mass is 10.1. The predicted octanol–water partition coefficient (Wildman–Crippen LogP) is 1.85. The number of rotatable bonds is 3. The number of carbonyl (C=O) groups is 2. The van der Waals surface area contributed by atoms with E-state index in [-0.39, 0.29) is 6.61 Å². The minimum absolute atomic E-state index is 0.225. The lowest BCUT2D eigenvalue weighted by Crippen LogP contribution is -2.32. The van der Waals surface area contributed by atoms with Crippen LogP contribution in [0.25, 0.3) is 0 Å². The fraction of sp³-hybridized carbons (Fsp3) is 0.250. The Morgan fingerprint density at radius 3 is 2.89 bits per heavy atom. The molecule has 1 heterocycles. The topological polar surface area (TPSA) is 59.0 Å². The first-order valence-corrected chi connectivity index (χ1v) is 5.82. The summed E-state index contributed by atoms with van der Waals surface area (Å²) in [6.07, 6.45) is 1.27. The Labute approximate surface area is 109 Å². The predicted molar refractivity (Wildman–Crippen MR) is 67.6 cm³/mol. The molecule has 0 saturated carbocycles. The summed E-state index contributed by atoms with van der Waals surface area (Å²) in [5, 5.41) is 5.42. The summed E-state index contributed by atoms with van der Waals surface area (Å²) >= 11 is 5.97. The van der Waals surface area contributed by atoms with Gasteiger partial charge in [-0.15, -0.1) is 0 Å². The molecule has 18 heavy (non-hydrogen) atoms. The molecule has 2 rings (SSSR count). The van der Waals surface area contributed by atoms with E-state index in [1.165, 1.54) is 6.21 Å². The van der Waals surface area contributed by atoms with Crippen LogP contribution in [0.1, 0.15) is 6.92 Å². The standard InChI is InChI=1S/C12H11ClN2O3/c1-2-18-12(17)8-7-14-15(11(8)16)10-6-4-3-5-9(10)13/h3-8H,2H2,1H3. The molecule has 1 aliphatic heterocycles. The van der Waals surface area contributed by atoms with E-state index in [0.29, 0.717) is 10.7 Å². The maximum absolute atomic E-state index is 12.0. The summed E-state index contributed by atoms with van der Waals surface area (Å²) in [5.41, 5.74) is 0.451. The number of benzene rings is 1. The van der Waals surface area contributed by atoms with E-state index in [9.17, 15) is 9.59 Å². The number of carbonyl (C=O) groups excluding carboxylic acids is 2. The number of hydrogen-bond donors (Lipinski definition) is 0. The van der Waals surface area contributed by atoms with Gasteiger partial charge in [-0.3, -0.25) is 9.59 Å². The van der Waals surface area contributed by atoms with Gasteiger partial charge in [-0.2, -0.15) is 10.1 Å². The molecule has 0 aromatic heterocycles. The third-order valence-electron chi connectivity index (χ3n) is 2.43. The van der Waals surface area contributed by atoms with Gasteiger partial charge < -0.3 is 4.74 Å². The first kappa shape index (κ1) is 12.6. The molecular weight excluding hydrogens is 256 g/mol. The van der Waals surface area contributed by atoms with E-state index >= 15 is 0 Å². The highest BCUT2D eigenvalue weighted by atomic mass is 35.5. The second kappa shape index (κ2) is 5.18. The van der Waals surface area contributed by atoms with E-state index < -0.39 is 17.8 Å². The number of anilines is 1. The molecule has 0 N–H and O–H groups in total. The third kappa shape index (κ3) is 2.22. The summed E-state index contributed by atoms with van der Waals surface area (Å²) in [4.78, 5) is 23.5. The van der Waals surface area contributed by atoms with Gasteiger partial charge in [0, 0.05) is 6.21 Å². The molecule has 1 aliphatic rings. The zero-order valence-electron chi connectivity index (χ0n) is 9.67. The number of halogens is 1. The molecule has 1 amide bonds. The lowest BCUT2D eigenvalue weighted by molar-refractivity contribution is -0.147. The molecule has 1 atom stereocenters. The van der Waals surface area contributed by atoms with Crippen molar-refractivity contribution in [2.75, 3.05) is 11.6 Å². The highest BCUT2D eigenvalue weighted by Gasteiger charge is 2.36. The van der Waals surface area contributed by atoms with Crippen LogP contribution in [0, 0.1) is 5.92 Å². The molecule has 0 radical (unpaired) electrons. The average molecular weight is 267 g/mol. The Kier molecular flexibility index (Phi) is 3.62. The van der Waals surface area contributed by atoms with Gasteiger partial charge in [0.05, 0.1) is 17.3 Å². The Bertz CT molecular complexity index is 516. The molecule has 0 aliphatic carbocycles. The number of ether oxygens (including phenoxy) is 1. The molecule has 94 valence electrons. The van der Waals surface area contributed by atoms with E-state index in [1.54, 1.807) is 31.2 Å². The fourth-order valence-corrected chi connectivity index (χ4v) is 1.80. The third-order valence-corrected chi connectivity index (χ3v) is 2.75. The number of amides is 1. The largest absolute Gasteiger partial charge is 0.465 e. The Morgan fingerprint density at radius 1 is 1.50 bits per heavy atom. The zero-order chi connectivity index (χ0) is 13.1. The molecule has 5 nitrogen and oxygen atoms in total. The second-order valence-electron chi connectivity index (χ2n) is 3.60. The van der Waals surface area contributed by atoms with Crippen molar-refractivity contribution < 1.29 is 14.3 Å². The van der Waals surface area contributed by atoms with E-state index in [1.807, 2.05) is 0 Å². The van der Waals surface area contributed by atoms with Crippen molar-refractivity contribution in [1.29, 1.82) is 0 Å². The molecule has 0 saturated heterocycles. The van der Waals surface area contributed by atoms with Gasteiger partial charge in [-0.05, 0) is 19.1 Å². The molecule has 0 bridgehead atoms. The van der Waals surface area contributed by atoms with Crippen LogP contribution < -0.4 is 5.01 Å². The number of nitrogens with zero attached hydrogens (tertiary/aromatic N) is 2. The molecule has 0 spiro atoms. The van der Waals surface area contributed by atoms with Crippen molar-refractivity contribution in [3.63, 3.8) is 0 Å². The zero-order valence-corrected chi connectivity index (χ0v) is 10.4. The van der Waals surface area contributed by atoms with Crippen molar-refractivity contribution in [3.05, 3.63) is 29.3 Å². The van der Waals surface area contributed by atoms with E-state index in [0.717, 1.165) is 5.01 Å². The Balaban J connectivity index is 2.21. The van der Waals surface area contributed by atoms with Gasteiger partial charge >= 0.3 is 5.97 Å². The summed E-state index contributed by atoms with van der Waals surface area (Å²) in [6, 6.07) is 6.79. The summed E-state index contributed by atoms with van der Waals surface area (Å²) in [7, 11) is 0. The maximum atomic E-state index is 12.0. The monoisotopic (exact) mass is 266 g/mol. The van der Waals surface area contributed by atoms with Gasteiger partial charge in [0.2, 0.25) is 0 Å². The molecule has 1 aromatic carbocycles. The normalized spacial score (nSPS) is 18.2. The molecule has 1 unspecified atom stereocenters. The minimum Gasteiger partial charge on any atom is -0.465 e. The lowest BCUT2D eigenvalue weighted by Gasteiger charge is -2.14. The van der Waals surface area contributed by atoms with Crippen LogP contribution in [0.15, 0.2) is 29.4 Å². The SMILES string of the molecule is CCOC(=O)C1C=NN(c2ccccc2Cl)C1=O. The molecule has 1 aromatic rings. The summed E-state index contributed by atoms with van der Waals surface area (Å²) < 4.78 is 4.80. The van der Waals surface area contributed by atoms with Gasteiger partial charge in [0.1, 0.15) is 0 Å². The second-order valence-corrected chi connectivity index (χ2v) is 4.00. The summed E-state index contributed by atoms with van der Waals surface area (Å²) in [6.45, 7) is 1.91. The van der Waals surface area contributed by atoms with E-state index in [2.05, 4.69) is 5.10 Å². The Morgan fingerprint density at radius 2 is 2.22 bits per heavy atom. The van der Waals surface area contributed by atoms with Gasteiger partial charge in [0.15, 0.2) is 5.92 Å². The van der Waals surface area contributed by atoms with Crippen LogP contribution in [0.5, 0.6) is 0 Å². The van der Waals surface area contributed by atoms with Crippen LogP contribution in [0.4, 0.5) is 5.69 Å². The maximum Gasteiger partial charge on any atom is 0.324 e. The minimum atomic E-state index is -0.985. The molecule has 6 heteroatoms. The van der Waals surface area contributed by atoms with Crippen LogP contribution in [0.2, 0.25) is 5.02 Å². The highest BCUT2D eigenvalue weighted by Crippen LogP contribution is 2.28. The van der Waals surface area contributed by atoms with Crippen LogP contribution in [-0.2, 0) is 14.3 Å². The van der Waals surface area contributed by atoms with Crippen molar-refractivity contribution in [3.8, 4) is 0 Å². The van der Waals surface area contributed by atoms with Gasteiger partial charge in [-0.1, -0.05) is 23.7 Å². The highest BCUT2D eigenvalue weighted by molar-refractivity contribution is 6.34. The Hall–Kier alpha value is -1.88. The first-order valence-electron chi connectivity index (χ1n) is 5.44.